The zero-order chi connectivity index (χ0) is 34.8. The fraction of sp³-hybridized carbons (Fsp3) is 0.235. The number of hydrogen-bond acceptors (Lipinski definition) is 10. The van der Waals surface area contributed by atoms with E-state index >= 15 is 0 Å². The molecule has 2 unspecified atom stereocenters. The molecule has 0 aliphatic heterocycles. The number of hydrogen-bond donors (Lipinski definition) is 2. The minimum atomic E-state index is -4.30. The van der Waals surface area contributed by atoms with Gasteiger partial charge in [0.2, 0.25) is 27.3 Å². The largest absolute Gasteiger partial charge is 1.00 e. The van der Waals surface area contributed by atoms with Crippen molar-refractivity contribution in [2.45, 2.75) is 39.5 Å². The summed E-state index contributed by atoms with van der Waals surface area (Å²) in [4.78, 5) is 44.2. The van der Waals surface area contributed by atoms with Crippen LogP contribution in [0.2, 0.25) is 0 Å². The van der Waals surface area contributed by atoms with Crippen LogP contribution in [0, 0.1) is 0 Å². The van der Waals surface area contributed by atoms with Crippen LogP contribution in [0.5, 0.6) is 23.0 Å². The van der Waals surface area contributed by atoms with Gasteiger partial charge in [0, 0.05) is 13.8 Å². The molecule has 0 heterocycles. The van der Waals surface area contributed by atoms with Crippen molar-refractivity contribution < 1.29 is 150 Å². The molecule has 4 rings (SSSR count). The molecule has 50 heavy (non-hydrogen) atoms. The van der Waals surface area contributed by atoms with Gasteiger partial charge in [0.1, 0.15) is 23.0 Å². The first-order valence-electron chi connectivity index (χ1n) is 15.0. The molecule has 16 heteroatoms. The number of para-hydroxylation sites is 2. The molecule has 2 amide bonds. The Bertz CT molecular complexity index is 1580. The first-order valence-corrected chi connectivity index (χ1v) is 18.1. The van der Waals surface area contributed by atoms with Gasteiger partial charge in [-0.2, -0.15) is 0 Å². The average molecular weight is 775 g/mol. The summed E-state index contributed by atoms with van der Waals surface area (Å²) >= 11 is 0. The number of ether oxygens (including phenoxy) is 2. The molecule has 2 N–H and O–H groups in total. The number of nitrogens with one attached hydrogen (secondary N) is 2. The van der Waals surface area contributed by atoms with Crippen LogP contribution in [-0.2, 0) is 40.6 Å². The Morgan fingerprint density at radius 1 is 0.560 bits per heavy atom. The van der Waals surface area contributed by atoms with Crippen molar-refractivity contribution in [2.75, 3.05) is 13.2 Å². The molecule has 256 valence electrons. The van der Waals surface area contributed by atoms with Crippen molar-refractivity contribution in [3.05, 3.63) is 120 Å². The zero-order valence-electron chi connectivity index (χ0n) is 28.6. The van der Waals surface area contributed by atoms with Crippen LogP contribution in [0.4, 0.5) is 0 Å². The molecule has 12 nitrogen and oxygen atoms in total. The number of carbonyl (C=O) groups excluding carboxylic acids is 2. The van der Waals surface area contributed by atoms with Crippen molar-refractivity contribution in [3.63, 3.8) is 0 Å². The molecule has 4 aromatic carbocycles. The van der Waals surface area contributed by atoms with Crippen LogP contribution in [-0.4, -0.2) is 25.0 Å². The first kappa shape index (κ1) is 47.0. The van der Waals surface area contributed by atoms with Crippen LogP contribution in [0.3, 0.4) is 0 Å². The third-order valence-corrected chi connectivity index (χ3v) is 8.31. The Labute approximate surface area is 378 Å². The SMILES string of the molecule is CC(=O)NP(=O)([O-])OCCCc1cccc(Oc2ccccc2)c1.CC(=O)NP(=O)([O-])OCCCc1cccc(Oc2ccccc2)c1.[K+].[K+]. The summed E-state index contributed by atoms with van der Waals surface area (Å²) < 4.78 is 43.7. The van der Waals surface area contributed by atoms with E-state index in [2.05, 4.69) is 0 Å². The van der Waals surface area contributed by atoms with Gasteiger partial charge in [0.25, 0.3) is 0 Å². The predicted octanol–water partition coefficient (Wildman–Crippen LogP) is 0.0732. The average Bonchev–Trinajstić information content (AvgIpc) is 3.02. The second kappa shape index (κ2) is 25.1. The number of rotatable bonds is 16. The van der Waals surface area contributed by atoms with Gasteiger partial charge in [-0.1, -0.05) is 60.7 Å². The standard InChI is InChI=1S/2C17H20NO5P.2K/c2*1-14(19)18-24(20,21)22-12-6-8-15-7-5-11-17(13-15)23-16-9-3-2-4-10-16;;/h2*2-5,7,9-11,13H,6,8,12H2,1H3,(H2,18,19,20,21);;/q;;2*+1/p-2. The summed E-state index contributed by atoms with van der Waals surface area (Å²) in [6.45, 7) is 2.24. The van der Waals surface area contributed by atoms with Gasteiger partial charge in [-0.25, -0.2) is 0 Å². The van der Waals surface area contributed by atoms with Crippen molar-refractivity contribution in [2.24, 2.45) is 0 Å². The maximum Gasteiger partial charge on any atom is 1.00 e. The maximum absolute atomic E-state index is 11.4. The molecule has 2 atom stereocenters. The van der Waals surface area contributed by atoms with Crippen molar-refractivity contribution >= 4 is 27.3 Å². The topological polar surface area (TPSA) is 175 Å². The van der Waals surface area contributed by atoms with Gasteiger partial charge >= 0.3 is 103 Å². The first-order chi connectivity index (χ1) is 22.9. The van der Waals surface area contributed by atoms with Crippen LogP contribution < -0.4 is 132 Å². The molecule has 0 radical (unpaired) electrons. The van der Waals surface area contributed by atoms with E-state index in [1.54, 1.807) is 10.2 Å². The minimum Gasteiger partial charge on any atom is -0.762 e. The van der Waals surface area contributed by atoms with Crippen molar-refractivity contribution in [1.29, 1.82) is 0 Å². The molecule has 0 bridgehead atoms. The second-order valence-electron chi connectivity index (χ2n) is 10.3. The van der Waals surface area contributed by atoms with Gasteiger partial charge in [-0.05, 0) is 85.3 Å². The molecule has 0 aromatic heterocycles. The summed E-state index contributed by atoms with van der Waals surface area (Å²) in [6.07, 6.45) is 2.26. The van der Waals surface area contributed by atoms with Crippen LogP contribution >= 0.6 is 15.5 Å². The summed E-state index contributed by atoms with van der Waals surface area (Å²) in [5, 5.41) is 3.55. The fourth-order valence-electron chi connectivity index (χ4n) is 4.15. The number of amides is 2. The van der Waals surface area contributed by atoms with Gasteiger partial charge < -0.3 is 28.3 Å². The second-order valence-corrected chi connectivity index (χ2v) is 13.3. The van der Waals surface area contributed by atoms with Crippen LogP contribution in [0.25, 0.3) is 0 Å². The monoisotopic (exact) mass is 774 g/mol. The number of benzene rings is 4. The smallest absolute Gasteiger partial charge is 0.762 e. The van der Waals surface area contributed by atoms with E-state index in [1.807, 2.05) is 109 Å². The van der Waals surface area contributed by atoms with Crippen molar-refractivity contribution in [1.82, 2.24) is 10.2 Å². The molecule has 0 aliphatic carbocycles. The molecular formula is C34H38K2N2O10P2. The Kier molecular flexibility index (Phi) is 23.6. The van der Waals surface area contributed by atoms with E-state index in [0.29, 0.717) is 37.2 Å². The third-order valence-electron chi connectivity index (χ3n) is 6.09. The van der Waals surface area contributed by atoms with Gasteiger partial charge in [-0.15, -0.1) is 0 Å². The Hall–Kier alpha value is -1.01. The van der Waals surface area contributed by atoms with E-state index in [-0.39, 0.29) is 116 Å². The molecule has 0 aliphatic rings. The summed E-state index contributed by atoms with van der Waals surface area (Å²) in [5.41, 5.74) is 2.01. The van der Waals surface area contributed by atoms with Crippen molar-refractivity contribution in [3.8, 4) is 23.0 Å². The predicted molar refractivity (Wildman–Crippen MR) is 177 cm³/mol. The Morgan fingerprint density at radius 2 is 0.900 bits per heavy atom. The Morgan fingerprint density at radius 3 is 1.24 bits per heavy atom. The number of carbonyl (C=O) groups is 2. The van der Waals surface area contributed by atoms with E-state index < -0.39 is 27.3 Å². The normalized spacial score (nSPS) is 12.6. The van der Waals surface area contributed by atoms with E-state index in [0.717, 1.165) is 36.5 Å². The molecule has 0 saturated heterocycles. The minimum absolute atomic E-state index is 0. The van der Waals surface area contributed by atoms with Crippen LogP contribution in [0.15, 0.2) is 109 Å². The Balaban J connectivity index is 0.000000481. The van der Waals surface area contributed by atoms with E-state index in [4.69, 9.17) is 18.5 Å². The van der Waals surface area contributed by atoms with E-state index in [1.165, 1.54) is 0 Å². The van der Waals surface area contributed by atoms with E-state index in [9.17, 15) is 28.5 Å². The van der Waals surface area contributed by atoms with Gasteiger partial charge in [-0.3, -0.25) is 28.9 Å². The summed E-state index contributed by atoms with van der Waals surface area (Å²) in [6, 6.07) is 34.0. The third kappa shape index (κ3) is 20.9. The summed E-state index contributed by atoms with van der Waals surface area (Å²) in [5.74, 6) is 1.60. The summed E-state index contributed by atoms with van der Waals surface area (Å²) in [7, 11) is -8.60. The maximum atomic E-state index is 11.4. The quantitative estimate of drug-likeness (QED) is 0.0901. The molecule has 0 fully saturated rings. The molecule has 4 aromatic rings. The van der Waals surface area contributed by atoms with Gasteiger partial charge in [0.15, 0.2) is 0 Å². The van der Waals surface area contributed by atoms with Gasteiger partial charge in [0.05, 0.1) is 13.2 Å². The molecule has 0 spiro atoms. The van der Waals surface area contributed by atoms with Crippen LogP contribution in [0.1, 0.15) is 37.8 Å². The fourth-order valence-corrected chi connectivity index (χ4v) is 5.79. The molecule has 0 saturated carbocycles. The zero-order valence-corrected chi connectivity index (χ0v) is 36.6. The number of aryl methyl sites for hydroxylation is 2. The molecular weight excluding hydrogens is 737 g/mol.